The first-order chi connectivity index (χ1) is 14.6. The molecular weight excluding hydrogens is 378 g/mol. The Balaban J connectivity index is 1.60. The summed E-state index contributed by atoms with van der Waals surface area (Å²) in [6, 6.07) is 15.5. The van der Waals surface area contributed by atoms with E-state index in [-0.39, 0.29) is 23.9 Å². The first kappa shape index (κ1) is 21.1. The van der Waals surface area contributed by atoms with Crippen LogP contribution in [0.15, 0.2) is 67.1 Å². The van der Waals surface area contributed by atoms with Crippen molar-refractivity contribution in [1.82, 2.24) is 25.2 Å². The number of amides is 2. The molecule has 0 unspecified atom stereocenters. The summed E-state index contributed by atoms with van der Waals surface area (Å²) in [6.45, 7) is 2.97. The van der Waals surface area contributed by atoms with Gasteiger partial charge in [0.25, 0.3) is 5.91 Å². The molecule has 7 nitrogen and oxygen atoms in total. The standard InChI is InChI=1S/C23H25N5O2/c1-18-15-26-21(17-25-18)23(30)28(13-10-19-7-3-2-4-8-19)14-11-22(29)27-16-20-9-5-6-12-24-20/h2-9,12,15,17H,10-11,13-14,16H2,1H3,(H,27,29). The van der Waals surface area contributed by atoms with Crippen LogP contribution in [-0.2, 0) is 17.8 Å². The second-order valence-corrected chi connectivity index (χ2v) is 6.92. The van der Waals surface area contributed by atoms with E-state index in [1.165, 1.54) is 6.20 Å². The Kier molecular flexibility index (Phi) is 7.60. The minimum Gasteiger partial charge on any atom is -0.350 e. The van der Waals surface area contributed by atoms with E-state index in [0.29, 0.717) is 26.1 Å². The minimum absolute atomic E-state index is 0.131. The Hall–Kier alpha value is -3.61. The Morgan fingerprint density at radius 1 is 0.933 bits per heavy atom. The van der Waals surface area contributed by atoms with Gasteiger partial charge in [0.15, 0.2) is 0 Å². The van der Waals surface area contributed by atoms with Crippen LogP contribution >= 0.6 is 0 Å². The normalized spacial score (nSPS) is 10.4. The molecule has 0 atom stereocenters. The second kappa shape index (κ2) is 10.8. The smallest absolute Gasteiger partial charge is 0.274 e. The van der Waals surface area contributed by atoms with Gasteiger partial charge in [-0.25, -0.2) is 4.98 Å². The van der Waals surface area contributed by atoms with Crippen LogP contribution in [0.5, 0.6) is 0 Å². The van der Waals surface area contributed by atoms with Crippen molar-refractivity contribution in [2.75, 3.05) is 13.1 Å². The van der Waals surface area contributed by atoms with E-state index >= 15 is 0 Å². The number of nitrogens with zero attached hydrogens (tertiary/aromatic N) is 4. The number of hydrogen-bond acceptors (Lipinski definition) is 5. The Bertz CT molecular complexity index is 946. The molecule has 0 fully saturated rings. The quantitative estimate of drug-likeness (QED) is 0.593. The molecular formula is C23H25N5O2. The lowest BCUT2D eigenvalue weighted by Gasteiger charge is -2.22. The van der Waals surface area contributed by atoms with Crippen molar-refractivity contribution in [3.63, 3.8) is 0 Å². The van der Waals surface area contributed by atoms with Crippen molar-refractivity contribution in [1.29, 1.82) is 0 Å². The molecule has 0 aliphatic carbocycles. The van der Waals surface area contributed by atoms with Crippen molar-refractivity contribution in [2.45, 2.75) is 26.3 Å². The molecule has 3 rings (SSSR count). The zero-order valence-electron chi connectivity index (χ0n) is 17.0. The lowest BCUT2D eigenvalue weighted by atomic mass is 10.1. The second-order valence-electron chi connectivity index (χ2n) is 6.92. The summed E-state index contributed by atoms with van der Waals surface area (Å²) >= 11 is 0. The van der Waals surface area contributed by atoms with E-state index in [0.717, 1.165) is 17.0 Å². The minimum atomic E-state index is -0.226. The largest absolute Gasteiger partial charge is 0.350 e. The average Bonchev–Trinajstić information content (AvgIpc) is 2.79. The predicted octanol–water partition coefficient (Wildman–Crippen LogP) is 2.57. The summed E-state index contributed by atoms with van der Waals surface area (Å²) in [5.41, 5.74) is 2.95. The van der Waals surface area contributed by atoms with E-state index in [4.69, 9.17) is 0 Å². The number of rotatable bonds is 9. The maximum Gasteiger partial charge on any atom is 0.274 e. The number of hydrogen-bond donors (Lipinski definition) is 1. The van der Waals surface area contributed by atoms with E-state index in [1.54, 1.807) is 17.3 Å². The molecule has 2 heterocycles. The molecule has 3 aromatic rings. The molecule has 0 radical (unpaired) electrons. The molecule has 154 valence electrons. The molecule has 7 heteroatoms. The predicted molar refractivity (Wildman–Crippen MR) is 114 cm³/mol. The highest BCUT2D eigenvalue weighted by Gasteiger charge is 2.18. The summed E-state index contributed by atoms with van der Waals surface area (Å²) in [6.07, 6.45) is 5.64. The third-order valence-electron chi connectivity index (χ3n) is 4.60. The van der Waals surface area contributed by atoms with Crippen molar-refractivity contribution < 1.29 is 9.59 Å². The lowest BCUT2D eigenvalue weighted by molar-refractivity contribution is -0.121. The van der Waals surface area contributed by atoms with Crippen LogP contribution in [0.25, 0.3) is 0 Å². The van der Waals surface area contributed by atoms with Gasteiger partial charge in [0.2, 0.25) is 5.91 Å². The molecule has 0 saturated carbocycles. The third-order valence-corrected chi connectivity index (χ3v) is 4.60. The number of pyridine rings is 1. The third kappa shape index (κ3) is 6.48. The monoisotopic (exact) mass is 403 g/mol. The molecule has 0 bridgehead atoms. The zero-order chi connectivity index (χ0) is 21.2. The van der Waals surface area contributed by atoms with Gasteiger partial charge in [-0.3, -0.25) is 19.6 Å². The molecule has 1 N–H and O–H groups in total. The summed E-state index contributed by atoms with van der Waals surface area (Å²) in [7, 11) is 0. The Morgan fingerprint density at radius 2 is 1.73 bits per heavy atom. The molecule has 0 saturated heterocycles. The summed E-state index contributed by atoms with van der Waals surface area (Å²) in [4.78, 5) is 39.5. The van der Waals surface area contributed by atoms with Gasteiger partial charge >= 0.3 is 0 Å². The van der Waals surface area contributed by atoms with E-state index in [1.807, 2.05) is 55.5 Å². The number of nitrogens with one attached hydrogen (secondary N) is 1. The van der Waals surface area contributed by atoms with Gasteiger partial charge in [-0.2, -0.15) is 0 Å². The fourth-order valence-electron chi connectivity index (χ4n) is 2.91. The van der Waals surface area contributed by atoms with Crippen LogP contribution in [-0.4, -0.2) is 44.8 Å². The number of carbonyl (C=O) groups is 2. The van der Waals surface area contributed by atoms with Crippen molar-refractivity contribution >= 4 is 11.8 Å². The average molecular weight is 403 g/mol. The first-order valence-corrected chi connectivity index (χ1v) is 9.90. The molecule has 2 amide bonds. The topological polar surface area (TPSA) is 88.1 Å². The fraction of sp³-hybridized carbons (Fsp3) is 0.261. The van der Waals surface area contributed by atoms with Gasteiger partial charge in [-0.05, 0) is 31.0 Å². The lowest BCUT2D eigenvalue weighted by Crippen LogP contribution is -2.37. The molecule has 0 spiro atoms. The van der Waals surface area contributed by atoms with Crippen molar-refractivity contribution in [3.05, 3.63) is 89.8 Å². The maximum absolute atomic E-state index is 13.0. The first-order valence-electron chi connectivity index (χ1n) is 9.90. The van der Waals surface area contributed by atoms with Gasteiger partial charge in [0.1, 0.15) is 5.69 Å². The van der Waals surface area contributed by atoms with Crippen LogP contribution in [0, 0.1) is 6.92 Å². The van der Waals surface area contributed by atoms with Crippen LogP contribution < -0.4 is 5.32 Å². The van der Waals surface area contributed by atoms with E-state index in [2.05, 4.69) is 20.3 Å². The van der Waals surface area contributed by atoms with E-state index in [9.17, 15) is 9.59 Å². The molecule has 2 aromatic heterocycles. The molecule has 30 heavy (non-hydrogen) atoms. The highest BCUT2D eigenvalue weighted by Crippen LogP contribution is 2.07. The number of aryl methyl sites for hydroxylation is 1. The molecule has 0 aliphatic heterocycles. The van der Waals surface area contributed by atoms with Gasteiger partial charge < -0.3 is 10.2 Å². The highest BCUT2D eigenvalue weighted by molar-refractivity contribution is 5.92. The molecule has 1 aromatic carbocycles. The van der Waals surface area contributed by atoms with Gasteiger partial charge in [0, 0.05) is 31.9 Å². The summed E-state index contributed by atoms with van der Waals surface area (Å²) in [5.74, 6) is -0.357. The summed E-state index contributed by atoms with van der Waals surface area (Å²) < 4.78 is 0. The zero-order valence-corrected chi connectivity index (χ0v) is 17.0. The van der Waals surface area contributed by atoms with E-state index < -0.39 is 0 Å². The maximum atomic E-state index is 13.0. The van der Waals surface area contributed by atoms with Crippen LogP contribution in [0.1, 0.15) is 33.9 Å². The van der Waals surface area contributed by atoms with Crippen molar-refractivity contribution in [3.8, 4) is 0 Å². The molecule has 0 aliphatic rings. The fourth-order valence-corrected chi connectivity index (χ4v) is 2.91. The van der Waals surface area contributed by atoms with Gasteiger partial charge in [-0.1, -0.05) is 36.4 Å². The Labute approximate surface area is 176 Å². The van der Waals surface area contributed by atoms with Crippen LogP contribution in [0.3, 0.4) is 0 Å². The van der Waals surface area contributed by atoms with Crippen LogP contribution in [0.4, 0.5) is 0 Å². The number of aromatic nitrogens is 3. The summed E-state index contributed by atoms with van der Waals surface area (Å²) in [5, 5.41) is 2.85. The SMILES string of the molecule is Cc1cnc(C(=O)N(CCC(=O)NCc2ccccn2)CCc2ccccc2)cn1. The Morgan fingerprint density at radius 3 is 2.43 bits per heavy atom. The van der Waals surface area contributed by atoms with Crippen LogP contribution in [0.2, 0.25) is 0 Å². The van der Waals surface area contributed by atoms with Crippen molar-refractivity contribution in [2.24, 2.45) is 0 Å². The number of carbonyl (C=O) groups excluding carboxylic acids is 2. The van der Waals surface area contributed by atoms with Gasteiger partial charge in [-0.15, -0.1) is 0 Å². The van der Waals surface area contributed by atoms with Gasteiger partial charge in [0.05, 0.1) is 24.1 Å². The number of benzene rings is 1. The highest BCUT2D eigenvalue weighted by atomic mass is 16.2.